The summed E-state index contributed by atoms with van der Waals surface area (Å²) in [6, 6.07) is 21.0. The monoisotopic (exact) mass is 432 g/mol. The number of phenolic OH excluding ortho intramolecular Hbond substituents is 1. The minimum absolute atomic E-state index is 0.149. The summed E-state index contributed by atoms with van der Waals surface area (Å²) in [5, 5.41) is 18.2. The van der Waals surface area contributed by atoms with Gasteiger partial charge in [-0.05, 0) is 54.4 Å². The zero-order chi connectivity index (χ0) is 21.6. The fraction of sp³-hybridized carbons (Fsp3) is 0.0870. The first-order valence-corrected chi connectivity index (χ1v) is 10.5. The number of urea groups is 1. The van der Waals surface area contributed by atoms with Crippen molar-refractivity contribution in [3.05, 3.63) is 83.9 Å². The molecule has 0 unspecified atom stereocenters. The second-order valence-electron chi connectivity index (χ2n) is 6.82. The predicted octanol–water partition coefficient (Wildman–Crippen LogP) is 4.62. The van der Waals surface area contributed by atoms with Crippen molar-refractivity contribution >= 4 is 44.3 Å². The molecule has 0 aliphatic rings. The summed E-state index contributed by atoms with van der Waals surface area (Å²) >= 11 is 1.27. The summed E-state index contributed by atoms with van der Waals surface area (Å²) in [4.78, 5) is 28.8. The molecule has 156 valence electrons. The number of hydrogen-bond donors (Lipinski definition) is 4. The van der Waals surface area contributed by atoms with E-state index in [1.54, 1.807) is 42.5 Å². The van der Waals surface area contributed by atoms with Gasteiger partial charge in [0.2, 0.25) is 0 Å². The average Bonchev–Trinajstić information content (AvgIpc) is 3.16. The molecule has 0 aliphatic heterocycles. The molecule has 4 aromatic rings. The van der Waals surface area contributed by atoms with Gasteiger partial charge in [-0.25, -0.2) is 9.78 Å². The van der Waals surface area contributed by atoms with Crippen molar-refractivity contribution in [2.75, 3.05) is 17.2 Å². The lowest BCUT2D eigenvalue weighted by molar-refractivity contribution is 0.0954. The summed E-state index contributed by atoms with van der Waals surface area (Å²) < 4.78 is 0.776. The van der Waals surface area contributed by atoms with Gasteiger partial charge in [0.1, 0.15) is 5.75 Å². The number of anilines is 2. The normalized spacial score (nSPS) is 10.6. The molecular formula is C23H20N4O3S. The molecule has 0 aliphatic carbocycles. The van der Waals surface area contributed by atoms with E-state index >= 15 is 0 Å². The third kappa shape index (κ3) is 5.37. The van der Waals surface area contributed by atoms with Crippen molar-refractivity contribution in [3.8, 4) is 5.75 Å². The molecule has 31 heavy (non-hydrogen) atoms. The largest absolute Gasteiger partial charge is 0.508 e. The molecule has 3 amide bonds. The van der Waals surface area contributed by atoms with Crippen LogP contribution in [-0.4, -0.2) is 28.6 Å². The molecule has 3 aromatic carbocycles. The van der Waals surface area contributed by atoms with E-state index in [-0.39, 0.29) is 11.7 Å². The summed E-state index contributed by atoms with van der Waals surface area (Å²) in [5.41, 5.74) is 2.93. The molecule has 0 atom stereocenters. The first kappa shape index (κ1) is 20.4. The number of amides is 3. The van der Waals surface area contributed by atoms with E-state index in [1.165, 1.54) is 16.9 Å². The van der Waals surface area contributed by atoms with Crippen LogP contribution in [0.15, 0.2) is 72.8 Å². The number of aromatic nitrogens is 1. The van der Waals surface area contributed by atoms with Crippen molar-refractivity contribution < 1.29 is 14.7 Å². The van der Waals surface area contributed by atoms with Crippen molar-refractivity contribution in [2.24, 2.45) is 0 Å². The van der Waals surface area contributed by atoms with Gasteiger partial charge >= 0.3 is 6.03 Å². The lowest BCUT2D eigenvalue weighted by Gasteiger charge is -2.08. The van der Waals surface area contributed by atoms with Crippen LogP contribution in [0.4, 0.5) is 15.6 Å². The maximum absolute atomic E-state index is 12.3. The van der Waals surface area contributed by atoms with Crippen LogP contribution in [0, 0.1) is 0 Å². The third-order valence-corrected chi connectivity index (χ3v) is 5.47. The summed E-state index contributed by atoms with van der Waals surface area (Å²) in [5.74, 6) is -0.0130. The van der Waals surface area contributed by atoms with E-state index in [1.807, 2.05) is 30.3 Å². The number of nitrogens with one attached hydrogen (secondary N) is 3. The minimum Gasteiger partial charge on any atom is -0.508 e. The lowest BCUT2D eigenvalue weighted by atomic mass is 10.1. The number of rotatable bonds is 6. The molecular weight excluding hydrogens is 412 g/mol. The molecule has 0 bridgehead atoms. The molecule has 0 fully saturated rings. The fourth-order valence-corrected chi connectivity index (χ4v) is 3.89. The molecule has 1 heterocycles. The van der Waals surface area contributed by atoms with Crippen molar-refractivity contribution in [3.63, 3.8) is 0 Å². The Morgan fingerprint density at radius 3 is 2.48 bits per heavy atom. The molecule has 0 spiro atoms. The highest BCUT2D eigenvalue weighted by Gasteiger charge is 2.10. The highest BCUT2D eigenvalue weighted by Crippen LogP contribution is 2.28. The number of carbonyl (C=O) groups excluding carboxylic acids is 2. The van der Waals surface area contributed by atoms with E-state index < -0.39 is 6.03 Å². The van der Waals surface area contributed by atoms with E-state index in [4.69, 9.17) is 0 Å². The van der Waals surface area contributed by atoms with E-state index in [0.29, 0.717) is 28.4 Å². The molecule has 0 radical (unpaired) electrons. The van der Waals surface area contributed by atoms with E-state index in [9.17, 15) is 14.7 Å². The van der Waals surface area contributed by atoms with Gasteiger partial charge in [0, 0.05) is 17.8 Å². The second kappa shape index (κ2) is 9.27. The van der Waals surface area contributed by atoms with Gasteiger partial charge in [-0.15, -0.1) is 0 Å². The Balaban J connectivity index is 1.29. The van der Waals surface area contributed by atoms with E-state index in [2.05, 4.69) is 20.9 Å². The van der Waals surface area contributed by atoms with Gasteiger partial charge in [0.25, 0.3) is 5.91 Å². The van der Waals surface area contributed by atoms with Crippen molar-refractivity contribution in [2.45, 2.75) is 6.42 Å². The zero-order valence-electron chi connectivity index (χ0n) is 16.5. The number of hydrogen-bond acceptors (Lipinski definition) is 5. The first-order valence-electron chi connectivity index (χ1n) is 9.66. The first-order chi connectivity index (χ1) is 15.1. The van der Waals surface area contributed by atoms with Crippen LogP contribution in [-0.2, 0) is 6.42 Å². The number of phenols is 1. The standard InChI is InChI=1S/C23H20N4O3S/c28-18-10-11-19-20(14-18)31-23(26-19)27-22(30)25-17-8-6-16(7-9-17)21(29)24-13-12-15-4-2-1-3-5-15/h1-11,14,28H,12-13H2,(H,24,29)(H2,25,26,27,30). The number of thiazole rings is 1. The van der Waals surface area contributed by atoms with Crippen LogP contribution in [0.5, 0.6) is 5.75 Å². The summed E-state index contributed by atoms with van der Waals surface area (Å²) in [6.07, 6.45) is 0.762. The number of benzene rings is 3. The fourth-order valence-electron chi connectivity index (χ4n) is 3.00. The van der Waals surface area contributed by atoms with E-state index in [0.717, 1.165) is 11.1 Å². The van der Waals surface area contributed by atoms with Crippen LogP contribution in [0.25, 0.3) is 10.2 Å². The Bertz CT molecular complexity index is 1210. The third-order valence-electron chi connectivity index (χ3n) is 4.54. The molecule has 0 saturated heterocycles. The second-order valence-corrected chi connectivity index (χ2v) is 7.85. The Kier molecular flexibility index (Phi) is 6.09. The average molecular weight is 433 g/mol. The van der Waals surface area contributed by atoms with Gasteiger partial charge in [-0.1, -0.05) is 41.7 Å². The van der Waals surface area contributed by atoms with Gasteiger partial charge in [0.15, 0.2) is 5.13 Å². The van der Waals surface area contributed by atoms with Gasteiger partial charge in [-0.2, -0.15) is 0 Å². The Morgan fingerprint density at radius 1 is 0.935 bits per heavy atom. The lowest BCUT2D eigenvalue weighted by Crippen LogP contribution is -2.25. The maximum atomic E-state index is 12.3. The highest BCUT2D eigenvalue weighted by molar-refractivity contribution is 7.22. The Labute approximate surface area is 182 Å². The van der Waals surface area contributed by atoms with Gasteiger partial charge in [-0.3, -0.25) is 10.1 Å². The van der Waals surface area contributed by atoms with Crippen LogP contribution in [0.2, 0.25) is 0 Å². The molecule has 0 saturated carbocycles. The molecule has 1 aromatic heterocycles. The number of fused-ring (bicyclic) bond motifs is 1. The highest BCUT2D eigenvalue weighted by atomic mass is 32.1. The van der Waals surface area contributed by atoms with Crippen molar-refractivity contribution in [1.82, 2.24) is 10.3 Å². The Hall–Kier alpha value is -3.91. The predicted molar refractivity (Wildman–Crippen MR) is 123 cm³/mol. The molecule has 4 rings (SSSR count). The minimum atomic E-state index is -0.441. The molecule has 4 N–H and O–H groups in total. The quantitative estimate of drug-likeness (QED) is 0.357. The van der Waals surface area contributed by atoms with Crippen molar-refractivity contribution in [1.29, 1.82) is 0 Å². The Morgan fingerprint density at radius 2 is 1.71 bits per heavy atom. The van der Waals surface area contributed by atoms with Crippen LogP contribution < -0.4 is 16.0 Å². The SMILES string of the molecule is O=C(Nc1ccc(C(=O)NCCc2ccccc2)cc1)Nc1nc2ccc(O)cc2s1. The summed E-state index contributed by atoms with van der Waals surface area (Å²) in [6.45, 7) is 0.547. The molecule has 8 heteroatoms. The summed E-state index contributed by atoms with van der Waals surface area (Å²) in [7, 11) is 0. The number of carbonyl (C=O) groups is 2. The molecule has 7 nitrogen and oxygen atoms in total. The number of nitrogens with zero attached hydrogens (tertiary/aromatic N) is 1. The van der Waals surface area contributed by atoms with Crippen LogP contribution in [0.1, 0.15) is 15.9 Å². The maximum Gasteiger partial charge on any atom is 0.325 e. The van der Waals surface area contributed by atoms with Gasteiger partial charge in [0.05, 0.1) is 10.2 Å². The topological polar surface area (TPSA) is 103 Å². The number of aromatic hydroxyl groups is 1. The zero-order valence-corrected chi connectivity index (χ0v) is 17.3. The van der Waals surface area contributed by atoms with Crippen LogP contribution in [0.3, 0.4) is 0 Å². The van der Waals surface area contributed by atoms with Crippen LogP contribution >= 0.6 is 11.3 Å². The van der Waals surface area contributed by atoms with Gasteiger partial charge < -0.3 is 15.7 Å². The smallest absolute Gasteiger partial charge is 0.325 e.